The van der Waals surface area contributed by atoms with Crippen molar-refractivity contribution in [2.24, 2.45) is 0 Å². The number of nitrogens with zero attached hydrogens (tertiary/aromatic N) is 1. The van der Waals surface area contributed by atoms with Crippen molar-refractivity contribution >= 4 is 33.7 Å². The Morgan fingerprint density at radius 3 is 2.88 bits per heavy atom. The molecule has 0 spiro atoms. The largest absolute Gasteiger partial charge is 0.375 e. The van der Waals surface area contributed by atoms with Gasteiger partial charge < -0.3 is 11.1 Å². The standard InChI is InChI=1S/C11H13N3OS2/c1-7-4-16-5-8(7)3-13-10(15)2-9-6-17-11(12)14-9/h4-6H,2-3H2,1H3,(H2,12,14)(H,13,15). The first-order valence-corrected chi connectivity index (χ1v) is 6.95. The molecule has 0 aliphatic carbocycles. The monoisotopic (exact) mass is 267 g/mol. The molecular formula is C11H13N3OS2. The van der Waals surface area contributed by atoms with Crippen molar-refractivity contribution in [3.63, 3.8) is 0 Å². The van der Waals surface area contributed by atoms with E-state index in [1.165, 1.54) is 22.5 Å². The Labute approximate surface area is 107 Å². The molecule has 17 heavy (non-hydrogen) atoms. The number of nitrogens with two attached hydrogens (primary N) is 1. The molecule has 0 atom stereocenters. The first kappa shape index (κ1) is 12.1. The summed E-state index contributed by atoms with van der Waals surface area (Å²) in [4.78, 5) is 15.7. The van der Waals surface area contributed by atoms with Crippen molar-refractivity contribution in [3.8, 4) is 0 Å². The second-order valence-electron chi connectivity index (χ2n) is 3.71. The van der Waals surface area contributed by atoms with E-state index in [1.54, 1.807) is 11.3 Å². The Morgan fingerprint density at radius 2 is 2.29 bits per heavy atom. The Kier molecular flexibility index (Phi) is 3.75. The van der Waals surface area contributed by atoms with Crippen LogP contribution in [0.1, 0.15) is 16.8 Å². The van der Waals surface area contributed by atoms with Gasteiger partial charge in [0.25, 0.3) is 0 Å². The number of hydrogen-bond acceptors (Lipinski definition) is 5. The summed E-state index contributed by atoms with van der Waals surface area (Å²) in [5, 5.41) is 9.31. The van der Waals surface area contributed by atoms with Gasteiger partial charge in [-0.15, -0.1) is 11.3 Å². The Bertz CT molecular complexity index is 518. The normalized spacial score (nSPS) is 10.4. The summed E-state index contributed by atoms with van der Waals surface area (Å²) >= 11 is 3.00. The Morgan fingerprint density at radius 1 is 1.47 bits per heavy atom. The van der Waals surface area contributed by atoms with Crippen molar-refractivity contribution in [2.75, 3.05) is 5.73 Å². The van der Waals surface area contributed by atoms with E-state index >= 15 is 0 Å². The Hall–Kier alpha value is -1.40. The fourth-order valence-electron chi connectivity index (χ4n) is 1.39. The van der Waals surface area contributed by atoms with E-state index in [0.29, 0.717) is 11.7 Å². The fraction of sp³-hybridized carbons (Fsp3) is 0.273. The maximum atomic E-state index is 11.6. The number of carbonyl (C=O) groups excluding carboxylic acids is 1. The zero-order valence-corrected chi connectivity index (χ0v) is 11.0. The summed E-state index contributed by atoms with van der Waals surface area (Å²) in [6, 6.07) is 0. The fourth-order valence-corrected chi connectivity index (χ4v) is 2.81. The van der Waals surface area contributed by atoms with Crippen LogP contribution in [0.4, 0.5) is 5.13 Å². The van der Waals surface area contributed by atoms with E-state index in [2.05, 4.69) is 21.1 Å². The van der Waals surface area contributed by atoms with Crippen LogP contribution in [0, 0.1) is 6.92 Å². The number of anilines is 1. The molecule has 3 N–H and O–H groups in total. The molecule has 6 heteroatoms. The third-order valence-corrected chi connectivity index (χ3v) is 3.98. The number of hydrogen-bond donors (Lipinski definition) is 2. The summed E-state index contributed by atoms with van der Waals surface area (Å²) in [6.45, 7) is 2.62. The second-order valence-corrected chi connectivity index (χ2v) is 5.34. The van der Waals surface area contributed by atoms with E-state index in [1.807, 2.05) is 12.3 Å². The highest BCUT2D eigenvalue weighted by Gasteiger charge is 2.07. The molecule has 0 unspecified atom stereocenters. The number of thiazole rings is 1. The minimum Gasteiger partial charge on any atom is -0.375 e. The molecule has 1 amide bonds. The van der Waals surface area contributed by atoms with Gasteiger partial charge in [0.05, 0.1) is 12.1 Å². The van der Waals surface area contributed by atoms with Gasteiger partial charge in [0.1, 0.15) is 0 Å². The molecule has 0 radical (unpaired) electrons. The van der Waals surface area contributed by atoms with Crippen molar-refractivity contribution in [1.82, 2.24) is 10.3 Å². The van der Waals surface area contributed by atoms with Gasteiger partial charge in [-0.1, -0.05) is 0 Å². The van der Waals surface area contributed by atoms with Crippen molar-refractivity contribution in [1.29, 1.82) is 0 Å². The third kappa shape index (κ3) is 3.28. The van der Waals surface area contributed by atoms with Gasteiger partial charge in [0.15, 0.2) is 5.13 Å². The number of nitrogen functional groups attached to an aromatic ring is 1. The molecular weight excluding hydrogens is 254 g/mol. The zero-order valence-electron chi connectivity index (χ0n) is 9.40. The van der Waals surface area contributed by atoms with Gasteiger partial charge >= 0.3 is 0 Å². The molecule has 0 aliphatic rings. The number of carbonyl (C=O) groups is 1. The van der Waals surface area contributed by atoms with Crippen molar-refractivity contribution in [3.05, 3.63) is 33.0 Å². The number of nitrogens with one attached hydrogen (secondary N) is 1. The highest BCUT2D eigenvalue weighted by Crippen LogP contribution is 2.14. The summed E-state index contributed by atoms with van der Waals surface area (Å²) in [7, 11) is 0. The smallest absolute Gasteiger partial charge is 0.226 e. The van der Waals surface area contributed by atoms with E-state index < -0.39 is 0 Å². The molecule has 0 aromatic carbocycles. The predicted molar refractivity (Wildman–Crippen MR) is 71.1 cm³/mol. The Balaban J connectivity index is 1.84. The van der Waals surface area contributed by atoms with Gasteiger partial charge in [-0.05, 0) is 28.8 Å². The van der Waals surface area contributed by atoms with Crippen LogP contribution in [0.2, 0.25) is 0 Å². The number of rotatable bonds is 4. The van der Waals surface area contributed by atoms with Gasteiger partial charge in [-0.25, -0.2) is 4.98 Å². The lowest BCUT2D eigenvalue weighted by Crippen LogP contribution is -2.24. The topological polar surface area (TPSA) is 68.0 Å². The van der Waals surface area contributed by atoms with Gasteiger partial charge in [-0.3, -0.25) is 4.79 Å². The lowest BCUT2D eigenvalue weighted by atomic mass is 10.2. The molecule has 0 fully saturated rings. The SMILES string of the molecule is Cc1cscc1CNC(=O)Cc1csc(N)n1. The molecule has 2 rings (SSSR count). The number of thiophene rings is 1. The molecule has 4 nitrogen and oxygen atoms in total. The van der Waals surface area contributed by atoms with Gasteiger partial charge in [0.2, 0.25) is 5.91 Å². The zero-order chi connectivity index (χ0) is 12.3. The van der Waals surface area contributed by atoms with Crippen LogP contribution in [0.5, 0.6) is 0 Å². The highest BCUT2D eigenvalue weighted by molar-refractivity contribution is 7.13. The van der Waals surface area contributed by atoms with Crippen LogP contribution in [-0.2, 0) is 17.8 Å². The van der Waals surface area contributed by atoms with Crippen LogP contribution < -0.4 is 11.1 Å². The molecule has 0 bridgehead atoms. The molecule has 0 saturated carbocycles. The van der Waals surface area contributed by atoms with Crippen molar-refractivity contribution in [2.45, 2.75) is 19.9 Å². The van der Waals surface area contributed by atoms with E-state index in [0.717, 1.165) is 5.69 Å². The molecule has 0 saturated heterocycles. The lowest BCUT2D eigenvalue weighted by Gasteiger charge is -2.03. The molecule has 90 valence electrons. The average molecular weight is 267 g/mol. The van der Waals surface area contributed by atoms with Gasteiger partial charge in [-0.2, -0.15) is 11.3 Å². The third-order valence-electron chi connectivity index (χ3n) is 2.35. The van der Waals surface area contributed by atoms with Crippen LogP contribution in [-0.4, -0.2) is 10.9 Å². The maximum absolute atomic E-state index is 11.6. The second kappa shape index (κ2) is 5.29. The van der Waals surface area contributed by atoms with Crippen molar-refractivity contribution < 1.29 is 4.79 Å². The highest BCUT2D eigenvalue weighted by atomic mass is 32.1. The van der Waals surface area contributed by atoms with E-state index in [4.69, 9.17) is 5.73 Å². The van der Waals surface area contributed by atoms with Crippen LogP contribution in [0.3, 0.4) is 0 Å². The minimum absolute atomic E-state index is 0.0269. The summed E-state index contributed by atoms with van der Waals surface area (Å²) in [5.74, 6) is -0.0269. The molecule has 2 aromatic rings. The number of aromatic nitrogens is 1. The number of aryl methyl sites for hydroxylation is 1. The summed E-state index contributed by atoms with van der Waals surface area (Å²) in [5.41, 5.74) is 8.61. The first-order chi connectivity index (χ1) is 8.15. The van der Waals surface area contributed by atoms with E-state index in [9.17, 15) is 4.79 Å². The minimum atomic E-state index is -0.0269. The summed E-state index contributed by atoms with van der Waals surface area (Å²) < 4.78 is 0. The van der Waals surface area contributed by atoms with Crippen LogP contribution >= 0.6 is 22.7 Å². The van der Waals surface area contributed by atoms with Gasteiger partial charge in [0, 0.05) is 11.9 Å². The average Bonchev–Trinajstić information content (AvgIpc) is 2.85. The molecule has 0 aliphatic heterocycles. The quantitative estimate of drug-likeness (QED) is 0.889. The first-order valence-electron chi connectivity index (χ1n) is 5.13. The predicted octanol–water partition coefficient (Wildman–Crippen LogP) is 1.95. The van der Waals surface area contributed by atoms with Crippen LogP contribution in [0.15, 0.2) is 16.1 Å². The lowest BCUT2D eigenvalue weighted by molar-refractivity contribution is -0.120. The number of amides is 1. The summed E-state index contributed by atoms with van der Waals surface area (Å²) in [6.07, 6.45) is 0.289. The van der Waals surface area contributed by atoms with Crippen LogP contribution in [0.25, 0.3) is 0 Å². The molecule has 2 heterocycles. The maximum Gasteiger partial charge on any atom is 0.226 e. The van der Waals surface area contributed by atoms with E-state index in [-0.39, 0.29) is 12.3 Å². The molecule has 2 aromatic heterocycles.